The number of aryl methyl sites for hydroxylation is 1. The molecule has 1 aliphatic heterocycles. The van der Waals surface area contributed by atoms with E-state index in [0.717, 1.165) is 25.1 Å². The van der Waals surface area contributed by atoms with Crippen LogP contribution < -0.4 is 5.32 Å². The third kappa shape index (κ3) is 3.99. The molecule has 2 aromatic rings. The van der Waals surface area contributed by atoms with Gasteiger partial charge in [0, 0.05) is 39.0 Å². The molecule has 124 valence electrons. The Hall–Kier alpha value is -1.69. The van der Waals surface area contributed by atoms with Gasteiger partial charge in [0.1, 0.15) is 6.10 Å². The summed E-state index contributed by atoms with van der Waals surface area (Å²) in [6.45, 7) is 1.46. The number of methoxy groups -OCH3 is 1. The Morgan fingerprint density at radius 2 is 2.17 bits per heavy atom. The lowest BCUT2D eigenvalue weighted by atomic mass is 10.0. The summed E-state index contributed by atoms with van der Waals surface area (Å²) in [5, 5.41) is 8.00. The Morgan fingerprint density at radius 3 is 2.87 bits per heavy atom. The number of ether oxygens (including phenoxy) is 2. The van der Waals surface area contributed by atoms with Crippen LogP contribution in [0.1, 0.15) is 23.8 Å². The Morgan fingerprint density at radius 1 is 1.35 bits per heavy atom. The summed E-state index contributed by atoms with van der Waals surface area (Å²) in [7, 11) is 3.72. The highest BCUT2D eigenvalue weighted by molar-refractivity contribution is 5.16. The van der Waals surface area contributed by atoms with Crippen molar-refractivity contribution >= 4 is 0 Å². The average molecular weight is 315 g/mol. The standard InChI is InChI=1S/C18H25N3O2/c1-21-17(8-10-19-21)18-16(9-11-23-18)20-15(13-22-2)12-14-6-4-3-5-7-14/h3-8,10,15-16,18,20H,9,11-13H2,1-2H3/t15-,16+,18+/m1/s1. The van der Waals surface area contributed by atoms with Gasteiger partial charge in [-0.05, 0) is 24.5 Å². The largest absolute Gasteiger partial charge is 0.383 e. The van der Waals surface area contributed by atoms with Gasteiger partial charge in [0.25, 0.3) is 0 Å². The zero-order valence-electron chi connectivity index (χ0n) is 13.8. The summed E-state index contributed by atoms with van der Waals surface area (Å²) in [5.41, 5.74) is 2.44. The molecule has 3 rings (SSSR count). The molecule has 0 saturated carbocycles. The molecular formula is C18H25N3O2. The van der Waals surface area contributed by atoms with E-state index in [1.54, 1.807) is 7.11 Å². The summed E-state index contributed by atoms with van der Waals surface area (Å²) in [4.78, 5) is 0. The maximum absolute atomic E-state index is 5.96. The smallest absolute Gasteiger partial charge is 0.114 e. The van der Waals surface area contributed by atoms with Gasteiger partial charge in [-0.15, -0.1) is 0 Å². The van der Waals surface area contributed by atoms with Crippen LogP contribution in [-0.2, 0) is 22.9 Å². The second kappa shape index (κ2) is 7.73. The van der Waals surface area contributed by atoms with Gasteiger partial charge in [-0.1, -0.05) is 30.3 Å². The van der Waals surface area contributed by atoms with Crippen LogP contribution in [0.5, 0.6) is 0 Å². The van der Waals surface area contributed by atoms with Crippen molar-refractivity contribution in [2.24, 2.45) is 7.05 Å². The fourth-order valence-corrected chi connectivity index (χ4v) is 3.28. The lowest BCUT2D eigenvalue weighted by Gasteiger charge is -2.26. The lowest BCUT2D eigenvalue weighted by molar-refractivity contribution is 0.0841. The predicted octanol–water partition coefficient (Wildman–Crippen LogP) is 2.10. The van der Waals surface area contributed by atoms with Crippen molar-refractivity contribution < 1.29 is 9.47 Å². The average Bonchev–Trinajstić information content (AvgIpc) is 3.17. The molecule has 0 radical (unpaired) electrons. The van der Waals surface area contributed by atoms with Gasteiger partial charge < -0.3 is 14.8 Å². The van der Waals surface area contributed by atoms with Crippen LogP contribution in [0.3, 0.4) is 0 Å². The highest BCUT2D eigenvalue weighted by atomic mass is 16.5. The predicted molar refractivity (Wildman–Crippen MR) is 89.3 cm³/mol. The molecule has 0 aliphatic carbocycles. The number of hydrogen-bond donors (Lipinski definition) is 1. The third-order valence-electron chi connectivity index (χ3n) is 4.38. The van der Waals surface area contributed by atoms with Gasteiger partial charge in [-0.3, -0.25) is 4.68 Å². The summed E-state index contributed by atoms with van der Waals surface area (Å²) in [6.07, 6.45) is 3.83. The van der Waals surface area contributed by atoms with E-state index in [-0.39, 0.29) is 18.2 Å². The highest BCUT2D eigenvalue weighted by Crippen LogP contribution is 2.29. The quantitative estimate of drug-likeness (QED) is 0.850. The summed E-state index contributed by atoms with van der Waals surface area (Å²) < 4.78 is 13.3. The second-order valence-electron chi connectivity index (χ2n) is 6.07. The van der Waals surface area contributed by atoms with E-state index in [4.69, 9.17) is 9.47 Å². The molecule has 0 bridgehead atoms. The molecule has 1 fully saturated rings. The molecule has 0 amide bonds. The molecule has 0 unspecified atom stereocenters. The first-order valence-corrected chi connectivity index (χ1v) is 8.16. The van der Waals surface area contributed by atoms with Crippen LogP contribution in [0.4, 0.5) is 0 Å². The molecule has 1 saturated heterocycles. The molecule has 0 spiro atoms. The second-order valence-corrected chi connectivity index (χ2v) is 6.07. The van der Waals surface area contributed by atoms with Gasteiger partial charge >= 0.3 is 0 Å². The normalized spacial score (nSPS) is 22.3. The van der Waals surface area contributed by atoms with Crippen LogP contribution in [0.2, 0.25) is 0 Å². The molecule has 1 aromatic heterocycles. The molecule has 1 N–H and O–H groups in total. The minimum atomic E-state index is 0.0534. The first kappa shape index (κ1) is 16.2. The van der Waals surface area contributed by atoms with Crippen molar-refractivity contribution in [3.8, 4) is 0 Å². The van der Waals surface area contributed by atoms with Gasteiger partial charge in [0.05, 0.1) is 12.3 Å². The molecule has 1 aromatic carbocycles. The zero-order valence-corrected chi connectivity index (χ0v) is 13.8. The molecule has 3 atom stereocenters. The third-order valence-corrected chi connectivity index (χ3v) is 4.38. The van der Waals surface area contributed by atoms with Gasteiger partial charge in [0.15, 0.2) is 0 Å². The van der Waals surface area contributed by atoms with Crippen molar-refractivity contribution in [3.05, 3.63) is 53.9 Å². The van der Waals surface area contributed by atoms with Crippen molar-refractivity contribution in [2.45, 2.75) is 31.0 Å². The summed E-state index contributed by atoms with van der Waals surface area (Å²) in [6, 6.07) is 13.1. The first-order valence-electron chi connectivity index (χ1n) is 8.16. The van der Waals surface area contributed by atoms with Gasteiger partial charge in [-0.25, -0.2) is 0 Å². The Balaban J connectivity index is 1.68. The Labute approximate surface area is 137 Å². The maximum atomic E-state index is 5.96. The van der Waals surface area contributed by atoms with E-state index in [1.165, 1.54) is 5.56 Å². The number of hydrogen-bond acceptors (Lipinski definition) is 4. The van der Waals surface area contributed by atoms with Crippen molar-refractivity contribution in [3.63, 3.8) is 0 Å². The number of rotatable bonds is 7. The maximum Gasteiger partial charge on any atom is 0.114 e. The minimum Gasteiger partial charge on any atom is -0.383 e. The van der Waals surface area contributed by atoms with E-state index < -0.39 is 0 Å². The number of benzene rings is 1. The molecule has 5 nitrogen and oxygen atoms in total. The minimum absolute atomic E-state index is 0.0534. The van der Waals surface area contributed by atoms with Crippen LogP contribution in [-0.4, -0.2) is 42.2 Å². The summed E-state index contributed by atoms with van der Waals surface area (Å²) in [5.74, 6) is 0. The van der Waals surface area contributed by atoms with Crippen LogP contribution in [0, 0.1) is 0 Å². The SMILES string of the molecule is COC[C@@H](Cc1ccccc1)N[C@H]1CCO[C@@H]1c1ccnn1C. The van der Waals surface area contributed by atoms with Crippen molar-refractivity contribution in [1.29, 1.82) is 0 Å². The molecular weight excluding hydrogens is 290 g/mol. The van der Waals surface area contributed by atoms with Crippen molar-refractivity contribution in [2.75, 3.05) is 20.3 Å². The fourth-order valence-electron chi connectivity index (χ4n) is 3.28. The van der Waals surface area contributed by atoms with Crippen molar-refractivity contribution in [1.82, 2.24) is 15.1 Å². The summed E-state index contributed by atoms with van der Waals surface area (Å²) >= 11 is 0. The van der Waals surface area contributed by atoms with E-state index in [9.17, 15) is 0 Å². The first-order chi connectivity index (χ1) is 11.3. The number of aromatic nitrogens is 2. The van der Waals surface area contributed by atoms with E-state index in [0.29, 0.717) is 6.61 Å². The molecule has 2 heterocycles. The lowest BCUT2D eigenvalue weighted by Crippen LogP contribution is -2.44. The van der Waals surface area contributed by atoms with E-state index >= 15 is 0 Å². The van der Waals surface area contributed by atoms with Gasteiger partial charge in [0.2, 0.25) is 0 Å². The topological polar surface area (TPSA) is 48.3 Å². The monoisotopic (exact) mass is 315 g/mol. The Kier molecular flexibility index (Phi) is 5.43. The van der Waals surface area contributed by atoms with E-state index in [1.807, 2.05) is 30.1 Å². The number of nitrogens with one attached hydrogen (secondary N) is 1. The van der Waals surface area contributed by atoms with Crippen LogP contribution in [0.25, 0.3) is 0 Å². The molecule has 1 aliphatic rings. The fraction of sp³-hybridized carbons (Fsp3) is 0.500. The van der Waals surface area contributed by atoms with Crippen LogP contribution in [0.15, 0.2) is 42.6 Å². The Bertz CT molecular complexity index is 599. The highest BCUT2D eigenvalue weighted by Gasteiger charge is 2.33. The number of nitrogens with zero attached hydrogens (tertiary/aromatic N) is 2. The zero-order chi connectivity index (χ0) is 16.1. The van der Waals surface area contributed by atoms with E-state index in [2.05, 4.69) is 34.7 Å². The molecule has 5 heteroatoms. The van der Waals surface area contributed by atoms with Crippen LogP contribution >= 0.6 is 0 Å². The van der Waals surface area contributed by atoms with Gasteiger partial charge in [-0.2, -0.15) is 5.10 Å². The molecule has 23 heavy (non-hydrogen) atoms.